The summed E-state index contributed by atoms with van der Waals surface area (Å²) in [5.41, 5.74) is 0.200. The lowest BCUT2D eigenvalue weighted by Crippen LogP contribution is -2.52. The Bertz CT molecular complexity index is 750. The van der Waals surface area contributed by atoms with Crippen LogP contribution in [0, 0.1) is 5.82 Å². The minimum atomic E-state index is -1.34. The van der Waals surface area contributed by atoms with Crippen LogP contribution < -0.4 is 10.6 Å². The SMILES string of the molecule is CCOC(=O)/C=C/C[C@@H](NC(=O)[C@@H](Cc1ccccc1F)NC(C)=O)C(=O)O. The number of halogens is 1. The van der Waals surface area contributed by atoms with Gasteiger partial charge in [-0.05, 0) is 25.0 Å². The molecule has 2 atom stereocenters. The first-order valence-electron chi connectivity index (χ1n) is 8.61. The van der Waals surface area contributed by atoms with E-state index >= 15 is 0 Å². The zero-order chi connectivity index (χ0) is 21.1. The number of rotatable bonds is 10. The summed E-state index contributed by atoms with van der Waals surface area (Å²) in [5, 5.41) is 14.0. The molecule has 0 unspecified atom stereocenters. The molecule has 1 aromatic carbocycles. The highest BCUT2D eigenvalue weighted by atomic mass is 19.1. The number of carboxylic acid groups (broad SMARTS) is 1. The second kappa shape index (κ2) is 11.5. The van der Waals surface area contributed by atoms with E-state index in [0.29, 0.717) is 0 Å². The summed E-state index contributed by atoms with van der Waals surface area (Å²) in [7, 11) is 0. The quantitative estimate of drug-likeness (QED) is 0.401. The van der Waals surface area contributed by atoms with Crippen molar-refractivity contribution in [3.8, 4) is 0 Å². The van der Waals surface area contributed by atoms with Crippen molar-refractivity contribution in [2.75, 3.05) is 6.61 Å². The maximum absolute atomic E-state index is 13.9. The molecule has 0 spiro atoms. The number of nitrogens with one attached hydrogen (secondary N) is 2. The van der Waals surface area contributed by atoms with Gasteiger partial charge in [0.25, 0.3) is 0 Å². The normalized spacial score (nSPS) is 12.8. The average Bonchev–Trinajstić information content (AvgIpc) is 2.61. The van der Waals surface area contributed by atoms with Gasteiger partial charge in [0, 0.05) is 19.4 Å². The summed E-state index contributed by atoms with van der Waals surface area (Å²) in [6.07, 6.45) is 2.01. The number of carbonyl (C=O) groups is 4. The van der Waals surface area contributed by atoms with Gasteiger partial charge in [0.05, 0.1) is 6.61 Å². The third-order valence-electron chi connectivity index (χ3n) is 3.60. The lowest BCUT2D eigenvalue weighted by Gasteiger charge is -2.20. The number of amides is 2. The van der Waals surface area contributed by atoms with E-state index in [1.807, 2.05) is 0 Å². The van der Waals surface area contributed by atoms with Crippen molar-refractivity contribution in [3.05, 3.63) is 47.8 Å². The molecule has 28 heavy (non-hydrogen) atoms. The first kappa shape index (κ1) is 22.8. The molecular formula is C19H23FN2O6. The minimum absolute atomic E-state index is 0.150. The van der Waals surface area contributed by atoms with Crippen LogP contribution in [0.2, 0.25) is 0 Å². The maximum atomic E-state index is 13.9. The van der Waals surface area contributed by atoms with Gasteiger partial charge >= 0.3 is 11.9 Å². The molecule has 152 valence electrons. The van der Waals surface area contributed by atoms with E-state index in [0.717, 1.165) is 6.08 Å². The molecule has 8 nitrogen and oxygen atoms in total. The van der Waals surface area contributed by atoms with Gasteiger partial charge in [0.15, 0.2) is 0 Å². The van der Waals surface area contributed by atoms with Crippen LogP contribution in [0.4, 0.5) is 4.39 Å². The summed E-state index contributed by atoms with van der Waals surface area (Å²) in [6.45, 7) is 3.00. The van der Waals surface area contributed by atoms with Crippen molar-refractivity contribution in [2.45, 2.75) is 38.8 Å². The third-order valence-corrected chi connectivity index (χ3v) is 3.60. The van der Waals surface area contributed by atoms with Gasteiger partial charge in [-0.15, -0.1) is 0 Å². The molecule has 0 bridgehead atoms. The second-order valence-electron chi connectivity index (χ2n) is 5.84. The Morgan fingerprint density at radius 1 is 1.18 bits per heavy atom. The zero-order valence-corrected chi connectivity index (χ0v) is 15.6. The second-order valence-corrected chi connectivity index (χ2v) is 5.84. The largest absolute Gasteiger partial charge is 0.480 e. The summed E-state index contributed by atoms with van der Waals surface area (Å²) in [6, 6.07) is 3.26. The van der Waals surface area contributed by atoms with Gasteiger partial charge in [-0.1, -0.05) is 24.3 Å². The van der Waals surface area contributed by atoms with E-state index in [2.05, 4.69) is 15.4 Å². The van der Waals surface area contributed by atoms with E-state index in [-0.39, 0.29) is 25.0 Å². The van der Waals surface area contributed by atoms with Crippen LogP contribution in [0.1, 0.15) is 25.8 Å². The summed E-state index contributed by atoms with van der Waals surface area (Å²) in [4.78, 5) is 46.5. The highest BCUT2D eigenvalue weighted by molar-refractivity contribution is 5.90. The molecule has 1 rings (SSSR count). The highest BCUT2D eigenvalue weighted by Gasteiger charge is 2.26. The van der Waals surface area contributed by atoms with Gasteiger partial charge in [0.1, 0.15) is 17.9 Å². The maximum Gasteiger partial charge on any atom is 0.330 e. The number of ether oxygens (including phenoxy) is 1. The standard InChI is InChI=1S/C19H23FN2O6/c1-3-28-17(24)10-6-9-15(19(26)27)22-18(25)16(21-12(2)23)11-13-7-4-5-8-14(13)20/h4-8,10,15-16H,3,9,11H2,1-2H3,(H,21,23)(H,22,25)(H,26,27)/b10-6+/t15-,16-/m1/s1. The molecule has 9 heteroatoms. The first-order chi connectivity index (χ1) is 13.2. The number of carboxylic acids is 1. The number of aliphatic carboxylic acids is 1. The van der Waals surface area contributed by atoms with Crippen molar-refractivity contribution in [1.82, 2.24) is 10.6 Å². The van der Waals surface area contributed by atoms with E-state index in [1.165, 1.54) is 31.2 Å². The van der Waals surface area contributed by atoms with Gasteiger partial charge < -0.3 is 20.5 Å². The Labute approximate surface area is 161 Å². The predicted molar refractivity (Wildman–Crippen MR) is 97.7 cm³/mol. The van der Waals surface area contributed by atoms with Gasteiger partial charge in [-0.25, -0.2) is 14.0 Å². The molecule has 0 aliphatic rings. The number of carbonyl (C=O) groups excluding carboxylic acids is 3. The molecule has 0 fully saturated rings. The van der Waals surface area contributed by atoms with Crippen molar-refractivity contribution in [3.63, 3.8) is 0 Å². The molecule has 0 heterocycles. The molecule has 0 radical (unpaired) electrons. The third kappa shape index (κ3) is 7.98. The molecule has 0 saturated carbocycles. The fourth-order valence-electron chi connectivity index (χ4n) is 2.32. The Hall–Kier alpha value is -3.23. The molecular weight excluding hydrogens is 371 g/mol. The topological polar surface area (TPSA) is 122 Å². The monoisotopic (exact) mass is 394 g/mol. The fourth-order valence-corrected chi connectivity index (χ4v) is 2.32. The molecule has 3 N–H and O–H groups in total. The van der Waals surface area contributed by atoms with Crippen LogP contribution in [-0.2, 0) is 30.3 Å². The number of benzene rings is 1. The van der Waals surface area contributed by atoms with Crippen LogP contribution in [0.5, 0.6) is 0 Å². The van der Waals surface area contributed by atoms with Crippen LogP contribution >= 0.6 is 0 Å². The van der Waals surface area contributed by atoms with Crippen molar-refractivity contribution in [2.24, 2.45) is 0 Å². The zero-order valence-electron chi connectivity index (χ0n) is 15.6. The molecule has 0 aliphatic carbocycles. The number of hydrogen-bond acceptors (Lipinski definition) is 5. The molecule has 0 aliphatic heterocycles. The van der Waals surface area contributed by atoms with Crippen LogP contribution in [0.25, 0.3) is 0 Å². The fraction of sp³-hybridized carbons (Fsp3) is 0.368. The summed E-state index contributed by atoms with van der Waals surface area (Å²) >= 11 is 0. The van der Waals surface area contributed by atoms with Crippen molar-refractivity contribution < 1.29 is 33.4 Å². The van der Waals surface area contributed by atoms with E-state index < -0.39 is 41.7 Å². The summed E-state index contributed by atoms with van der Waals surface area (Å²) < 4.78 is 18.5. The van der Waals surface area contributed by atoms with E-state index in [4.69, 9.17) is 0 Å². The summed E-state index contributed by atoms with van der Waals surface area (Å²) in [5.74, 6) is -3.80. The predicted octanol–water partition coefficient (Wildman–Crippen LogP) is 0.952. The molecule has 1 aromatic rings. The van der Waals surface area contributed by atoms with Crippen LogP contribution in [0.3, 0.4) is 0 Å². The first-order valence-corrected chi connectivity index (χ1v) is 8.61. The lowest BCUT2D eigenvalue weighted by molar-refractivity contribution is -0.142. The van der Waals surface area contributed by atoms with Gasteiger partial charge in [-0.3, -0.25) is 9.59 Å². The number of esters is 1. The smallest absolute Gasteiger partial charge is 0.330 e. The molecule has 0 saturated heterocycles. The van der Waals surface area contributed by atoms with Crippen LogP contribution in [-0.4, -0.2) is 47.6 Å². The Kier molecular flexibility index (Phi) is 9.35. The Morgan fingerprint density at radius 3 is 2.43 bits per heavy atom. The molecule has 2 amide bonds. The lowest BCUT2D eigenvalue weighted by atomic mass is 10.0. The Balaban J connectivity index is 2.84. The van der Waals surface area contributed by atoms with Crippen molar-refractivity contribution in [1.29, 1.82) is 0 Å². The van der Waals surface area contributed by atoms with Crippen molar-refractivity contribution >= 4 is 23.8 Å². The Morgan fingerprint density at radius 2 is 1.86 bits per heavy atom. The average molecular weight is 394 g/mol. The van der Waals surface area contributed by atoms with Gasteiger partial charge in [0.2, 0.25) is 11.8 Å². The van der Waals surface area contributed by atoms with E-state index in [1.54, 1.807) is 13.0 Å². The molecule has 0 aromatic heterocycles. The van der Waals surface area contributed by atoms with E-state index in [9.17, 15) is 28.7 Å². The van der Waals surface area contributed by atoms with Crippen LogP contribution in [0.15, 0.2) is 36.4 Å². The minimum Gasteiger partial charge on any atom is -0.480 e. The highest BCUT2D eigenvalue weighted by Crippen LogP contribution is 2.10. The van der Waals surface area contributed by atoms with Gasteiger partial charge in [-0.2, -0.15) is 0 Å². The number of hydrogen-bond donors (Lipinski definition) is 3.